The lowest BCUT2D eigenvalue weighted by atomic mass is 10.2. The number of ether oxygens (including phenoxy) is 2. The molecule has 1 atom stereocenters. The van der Waals surface area contributed by atoms with Crippen LogP contribution in [0.5, 0.6) is 11.5 Å². The normalized spacial score (nSPS) is 11.6. The van der Waals surface area contributed by atoms with Crippen LogP contribution in [0.25, 0.3) is 0 Å². The number of hydrogen-bond donors (Lipinski definition) is 1. The van der Waals surface area contributed by atoms with Crippen LogP contribution in [-0.4, -0.2) is 32.0 Å². The Labute approximate surface area is 125 Å². The Hall–Kier alpha value is -2.04. The van der Waals surface area contributed by atoms with E-state index in [9.17, 15) is 9.59 Å². The largest absolute Gasteiger partial charge is 0.493 e. The number of rotatable bonds is 9. The summed E-state index contributed by atoms with van der Waals surface area (Å²) in [6.45, 7) is 4.45. The molecule has 116 valence electrons. The summed E-state index contributed by atoms with van der Waals surface area (Å²) in [5.41, 5.74) is 0.496. The van der Waals surface area contributed by atoms with E-state index in [1.54, 1.807) is 25.1 Å². The van der Waals surface area contributed by atoms with Crippen LogP contribution < -0.4 is 14.8 Å². The van der Waals surface area contributed by atoms with Crippen LogP contribution in [0.3, 0.4) is 0 Å². The number of benzene rings is 1. The summed E-state index contributed by atoms with van der Waals surface area (Å²) < 4.78 is 10.8. The molecule has 21 heavy (non-hydrogen) atoms. The molecular formula is C16H23NO4. The molecule has 1 rings (SSSR count). The van der Waals surface area contributed by atoms with Crippen LogP contribution in [0.2, 0.25) is 0 Å². The molecule has 0 saturated heterocycles. The minimum Gasteiger partial charge on any atom is -0.493 e. The number of unbranched alkanes of at least 4 members (excludes halogenated alkanes) is 2. The fraction of sp³-hybridized carbons (Fsp3) is 0.500. The summed E-state index contributed by atoms with van der Waals surface area (Å²) in [5, 5.41) is 2.84. The number of carbonyl (C=O) groups is 2. The van der Waals surface area contributed by atoms with Crippen molar-refractivity contribution < 1.29 is 19.1 Å². The number of nitrogens with one attached hydrogen (secondary N) is 1. The van der Waals surface area contributed by atoms with Gasteiger partial charge < -0.3 is 14.8 Å². The second-order valence-corrected chi connectivity index (χ2v) is 4.79. The van der Waals surface area contributed by atoms with Gasteiger partial charge in [0.15, 0.2) is 17.6 Å². The first-order valence-corrected chi connectivity index (χ1v) is 7.20. The molecule has 5 nitrogen and oxygen atoms in total. The standard InChI is InChI=1S/C16H23NO4/c1-4-5-6-9-17-16(19)12(2)21-14-8-7-13(11-18)10-15(14)20-3/h7-8,10-12H,4-6,9H2,1-3H3,(H,17,19). The van der Waals surface area contributed by atoms with Crippen molar-refractivity contribution in [2.24, 2.45) is 0 Å². The van der Waals surface area contributed by atoms with Gasteiger partial charge in [-0.15, -0.1) is 0 Å². The summed E-state index contributed by atoms with van der Waals surface area (Å²) in [4.78, 5) is 22.6. The zero-order chi connectivity index (χ0) is 15.7. The highest BCUT2D eigenvalue weighted by Gasteiger charge is 2.16. The number of hydrogen-bond acceptors (Lipinski definition) is 4. The predicted octanol–water partition coefficient (Wildman–Crippen LogP) is 2.58. The molecule has 1 N–H and O–H groups in total. The van der Waals surface area contributed by atoms with Gasteiger partial charge in [0.25, 0.3) is 5.91 Å². The van der Waals surface area contributed by atoms with Crippen LogP contribution in [0.15, 0.2) is 18.2 Å². The van der Waals surface area contributed by atoms with Crippen molar-refractivity contribution in [3.63, 3.8) is 0 Å². The van der Waals surface area contributed by atoms with E-state index in [1.165, 1.54) is 7.11 Å². The summed E-state index contributed by atoms with van der Waals surface area (Å²) >= 11 is 0. The Morgan fingerprint density at radius 3 is 2.71 bits per heavy atom. The fourth-order valence-corrected chi connectivity index (χ4v) is 1.83. The Morgan fingerprint density at radius 2 is 2.10 bits per heavy atom. The van der Waals surface area contributed by atoms with Crippen molar-refractivity contribution in [2.45, 2.75) is 39.2 Å². The Morgan fingerprint density at radius 1 is 1.33 bits per heavy atom. The lowest BCUT2D eigenvalue weighted by molar-refractivity contribution is -0.127. The van der Waals surface area contributed by atoms with Gasteiger partial charge in [-0.25, -0.2) is 0 Å². The molecule has 5 heteroatoms. The van der Waals surface area contributed by atoms with Crippen molar-refractivity contribution in [3.05, 3.63) is 23.8 Å². The monoisotopic (exact) mass is 293 g/mol. The third kappa shape index (κ3) is 5.45. The topological polar surface area (TPSA) is 64.6 Å². The molecule has 0 bridgehead atoms. The van der Waals surface area contributed by atoms with E-state index in [1.807, 2.05) is 0 Å². The van der Waals surface area contributed by atoms with Gasteiger partial charge in [0.2, 0.25) is 0 Å². The highest BCUT2D eigenvalue weighted by Crippen LogP contribution is 2.28. The first-order valence-electron chi connectivity index (χ1n) is 7.20. The SMILES string of the molecule is CCCCCNC(=O)C(C)Oc1ccc(C=O)cc1OC. The average molecular weight is 293 g/mol. The van der Waals surface area contributed by atoms with Gasteiger partial charge in [0.05, 0.1) is 7.11 Å². The molecule has 1 amide bonds. The molecule has 0 radical (unpaired) electrons. The predicted molar refractivity (Wildman–Crippen MR) is 81.0 cm³/mol. The minimum atomic E-state index is -0.623. The van der Waals surface area contributed by atoms with Crippen molar-refractivity contribution in [3.8, 4) is 11.5 Å². The van der Waals surface area contributed by atoms with Crippen molar-refractivity contribution in [1.29, 1.82) is 0 Å². The van der Waals surface area contributed by atoms with E-state index in [0.717, 1.165) is 25.5 Å². The Kier molecular flexibility index (Phi) is 7.29. The summed E-state index contributed by atoms with van der Waals surface area (Å²) in [6, 6.07) is 4.83. The zero-order valence-corrected chi connectivity index (χ0v) is 12.8. The summed E-state index contributed by atoms with van der Waals surface area (Å²) in [6.07, 6.45) is 3.28. The van der Waals surface area contributed by atoms with E-state index in [0.29, 0.717) is 23.6 Å². The maximum Gasteiger partial charge on any atom is 0.260 e. The number of carbonyl (C=O) groups excluding carboxylic acids is 2. The first kappa shape index (κ1) is 17.0. The maximum atomic E-state index is 11.9. The minimum absolute atomic E-state index is 0.160. The smallest absolute Gasteiger partial charge is 0.260 e. The van der Waals surface area contributed by atoms with Gasteiger partial charge in [-0.2, -0.15) is 0 Å². The lowest BCUT2D eigenvalue weighted by Gasteiger charge is -2.17. The van der Waals surface area contributed by atoms with E-state index in [-0.39, 0.29) is 5.91 Å². The van der Waals surface area contributed by atoms with E-state index in [2.05, 4.69) is 12.2 Å². The molecule has 0 saturated carbocycles. The van der Waals surface area contributed by atoms with E-state index < -0.39 is 6.10 Å². The zero-order valence-electron chi connectivity index (χ0n) is 12.8. The van der Waals surface area contributed by atoms with Gasteiger partial charge >= 0.3 is 0 Å². The third-order valence-electron chi connectivity index (χ3n) is 3.08. The van der Waals surface area contributed by atoms with E-state index in [4.69, 9.17) is 9.47 Å². The fourth-order valence-electron chi connectivity index (χ4n) is 1.83. The van der Waals surface area contributed by atoms with Crippen LogP contribution >= 0.6 is 0 Å². The van der Waals surface area contributed by atoms with Crippen molar-refractivity contribution in [1.82, 2.24) is 5.32 Å². The van der Waals surface area contributed by atoms with Gasteiger partial charge in [0.1, 0.15) is 6.29 Å². The van der Waals surface area contributed by atoms with E-state index >= 15 is 0 Å². The number of methoxy groups -OCH3 is 1. The molecule has 0 aliphatic heterocycles. The summed E-state index contributed by atoms with van der Waals surface area (Å²) in [5.74, 6) is 0.720. The van der Waals surface area contributed by atoms with Gasteiger partial charge in [-0.05, 0) is 31.5 Å². The molecule has 0 heterocycles. The highest BCUT2D eigenvalue weighted by atomic mass is 16.5. The highest BCUT2D eigenvalue weighted by molar-refractivity contribution is 5.81. The first-order chi connectivity index (χ1) is 10.1. The molecular weight excluding hydrogens is 270 g/mol. The molecule has 0 aromatic heterocycles. The summed E-state index contributed by atoms with van der Waals surface area (Å²) in [7, 11) is 1.49. The molecule has 1 unspecified atom stereocenters. The molecule has 0 aliphatic rings. The second kappa shape index (κ2) is 9.00. The number of amides is 1. The van der Waals surface area contributed by atoms with Gasteiger partial charge in [-0.3, -0.25) is 9.59 Å². The lowest BCUT2D eigenvalue weighted by Crippen LogP contribution is -2.36. The van der Waals surface area contributed by atoms with Gasteiger partial charge in [0, 0.05) is 12.1 Å². The third-order valence-corrected chi connectivity index (χ3v) is 3.08. The Balaban J connectivity index is 2.59. The number of aldehydes is 1. The molecule has 0 aliphatic carbocycles. The van der Waals surface area contributed by atoms with Crippen molar-refractivity contribution in [2.75, 3.05) is 13.7 Å². The van der Waals surface area contributed by atoms with Crippen LogP contribution in [0, 0.1) is 0 Å². The Bertz CT molecular complexity index is 473. The molecule has 1 aromatic carbocycles. The molecule has 1 aromatic rings. The molecule has 0 spiro atoms. The average Bonchev–Trinajstić information content (AvgIpc) is 2.51. The van der Waals surface area contributed by atoms with Crippen molar-refractivity contribution >= 4 is 12.2 Å². The second-order valence-electron chi connectivity index (χ2n) is 4.79. The van der Waals surface area contributed by atoms with Crippen LogP contribution in [0.1, 0.15) is 43.5 Å². The quantitative estimate of drug-likeness (QED) is 0.561. The molecule has 0 fully saturated rings. The van der Waals surface area contributed by atoms with Crippen LogP contribution in [-0.2, 0) is 4.79 Å². The maximum absolute atomic E-state index is 11.9. The van der Waals surface area contributed by atoms with Crippen LogP contribution in [0.4, 0.5) is 0 Å². The van der Waals surface area contributed by atoms with Gasteiger partial charge in [-0.1, -0.05) is 19.8 Å².